The molecule has 2 rings (SSSR count). The van der Waals surface area contributed by atoms with Crippen LogP contribution in [0.3, 0.4) is 0 Å². The molecule has 0 unspecified atom stereocenters. The van der Waals surface area contributed by atoms with Gasteiger partial charge in [-0.25, -0.2) is 12.7 Å². The maximum atomic E-state index is 12.1. The highest BCUT2D eigenvalue weighted by molar-refractivity contribution is 7.89. The van der Waals surface area contributed by atoms with Gasteiger partial charge in [-0.05, 0) is 42.8 Å². The first-order valence-corrected chi connectivity index (χ1v) is 9.32. The quantitative estimate of drug-likeness (QED) is 0.802. The average molecular weight is 375 g/mol. The van der Waals surface area contributed by atoms with Crippen molar-refractivity contribution in [1.29, 1.82) is 0 Å². The minimum atomic E-state index is -3.55. The highest BCUT2D eigenvalue weighted by atomic mass is 32.2. The van der Waals surface area contributed by atoms with Crippen LogP contribution < -0.4 is 10.6 Å². The summed E-state index contributed by atoms with van der Waals surface area (Å²) < 4.78 is 25.1. The van der Waals surface area contributed by atoms with Crippen molar-refractivity contribution < 1.29 is 18.0 Å². The van der Waals surface area contributed by atoms with E-state index in [0.717, 1.165) is 9.87 Å². The predicted molar refractivity (Wildman–Crippen MR) is 99.5 cm³/mol. The van der Waals surface area contributed by atoms with Crippen LogP contribution in [-0.4, -0.2) is 45.2 Å². The number of para-hydroxylation sites is 1. The molecule has 138 valence electrons. The number of aryl methyl sites for hydroxylation is 1. The van der Waals surface area contributed by atoms with E-state index < -0.39 is 15.9 Å². The van der Waals surface area contributed by atoms with Gasteiger partial charge in [-0.2, -0.15) is 0 Å². The fraction of sp³-hybridized carbons (Fsp3) is 0.222. The third-order valence-electron chi connectivity index (χ3n) is 3.72. The van der Waals surface area contributed by atoms with Gasteiger partial charge < -0.3 is 10.6 Å². The van der Waals surface area contributed by atoms with E-state index in [1.807, 2.05) is 25.1 Å². The number of hydrogen-bond acceptors (Lipinski definition) is 4. The lowest BCUT2D eigenvalue weighted by atomic mass is 10.2. The van der Waals surface area contributed by atoms with Gasteiger partial charge in [0.25, 0.3) is 5.91 Å². The molecule has 0 aliphatic carbocycles. The molecule has 0 spiro atoms. The zero-order valence-corrected chi connectivity index (χ0v) is 15.6. The first-order chi connectivity index (χ1) is 12.2. The summed E-state index contributed by atoms with van der Waals surface area (Å²) in [5, 5.41) is 5.23. The lowest BCUT2D eigenvalue weighted by Crippen LogP contribution is -2.33. The lowest BCUT2D eigenvalue weighted by Gasteiger charge is -2.12. The van der Waals surface area contributed by atoms with Gasteiger partial charge in [-0.1, -0.05) is 18.2 Å². The van der Waals surface area contributed by atoms with Gasteiger partial charge in [0.05, 0.1) is 11.4 Å². The van der Waals surface area contributed by atoms with Crippen molar-refractivity contribution >= 4 is 27.5 Å². The highest BCUT2D eigenvalue weighted by Crippen LogP contribution is 2.14. The zero-order valence-electron chi connectivity index (χ0n) is 14.8. The maximum absolute atomic E-state index is 12.1. The standard InChI is InChI=1S/C18H21N3O4S/c1-13-6-4-5-7-16(13)20-17(22)12-19-18(23)14-8-10-15(11-9-14)26(24,25)21(2)3/h4-11H,12H2,1-3H3,(H,19,23)(H,20,22). The minimum Gasteiger partial charge on any atom is -0.343 e. The highest BCUT2D eigenvalue weighted by Gasteiger charge is 2.17. The Morgan fingerprint density at radius 1 is 1.00 bits per heavy atom. The molecular formula is C18H21N3O4S. The molecule has 0 aliphatic rings. The molecule has 0 saturated heterocycles. The van der Waals surface area contributed by atoms with E-state index in [2.05, 4.69) is 10.6 Å². The molecule has 8 heteroatoms. The third kappa shape index (κ3) is 4.68. The molecule has 2 aromatic carbocycles. The van der Waals surface area contributed by atoms with Gasteiger partial charge >= 0.3 is 0 Å². The Morgan fingerprint density at radius 3 is 2.19 bits per heavy atom. The van der Waals surface area contributed by atoms with Crippen LogP contribution in [0.25, 0.3) is 0 Å². The molecule has 0 bridgehead atoms. The van der Waals surface area contributed by atoms with Gasteiger partial charge in [0, 0.05) is 25.3 Å². The largest absolute Gasteiger partial charge is 0.343 e. The van der Waals surface area contributed by atoms with Gasteiger partial charge in [0.1, 0.15) is 0 Å². The van der Waals surface area contributed by atoms with Crippen molar-refractivity contribution in [3.05, 3.63) is 59.7 Å². The number of benzene rings is 2. The number of anilines is 1. The smallest absolute Gasteiger partial charge is 0.251 e. The molecule has 0 aliphatic heterocycles. The normalized spacial score (nSPS) is 11.2. The number of sulfonamides is 1. The van der Waals surface area contributed by atoms with E-state index in [9.17, 15) is 18.0 Å². The molecule has 26 heavy (non-hydrogen) atoms. The summed E-state index contributed by atoms with van der Waals surface area (Å²) in [5.41, 5.74) is 1.88. The Balaban J connectivity index is 1.96. The predicted octanol–water partition coefficient (Wildman–Crippen LogP) is 1.61. The molecule has 0 fully saturated rings. The molecule has 2 amide bonds. The minimum absolute atomic E-state index is 0.0938. The van der Waals surface area contributed by atoms with E-state index in [1.54, 1.807) is 6.07 Å². The zero-order chi connectivity index (χ0) is 19.3. The second kappa shape index (κ2) is 8.11. The Kier molecular flexibility index (Phi) is 6.12. The number of nitrogens with one attached hydrogen (secondary N) is 2. The van der Waals surface area contributed by atoms with Gasteiger partial charge in [-0.3, -0.25) is 9.59 Å². The Bertz CT molecular complexity index is 906. The summed E-state index contributed by atoms with van der Waals surface area (Å²) in [4.78, 5) is 24.2. The third-order valence-corrected chi connectivity index (χ3v) is 5.55. The fourth-order valence-corrected chi connectivity index (χ4v) is 3.06. The Hall–Kier alpha value is -2.71. The summed E-state index contributed by atoms with van der Waals surface area (Å²) in [6, 6.07) is 12.9. The fourth-order valence-electron chi connectivity index (χ4n) is 2.16. The second-order valence-electron chi connectivity index (χ2n) is 5.86. The van der Waals surface area contributed by atoms with Crippen molar-refractivity contribution in [3.63, 3.8) is 0 Å². The van der Waals surface area contributed by atoms with E-state index in [1.165, 1.54) is 38.4 Å². The SMILES string of the molecule is Cc1ccccc1NC(=O)CNC(=O)c1ccc(S(=O)(=O)N(C)C)cc1. The number of hydrogen-bond donors (Lipinski definition) is 2. The molecule has 0 atom stereocenters. The van der Waals surface area contributed by atoms with Crippen molar-refractivity contribution in [1.82, 2.24) is 9.62 Å². The summed E-state index contributed by atoms with van der Waals surface area (Å²) in [5.74, 6) is -0.807. The van der Waals surface area contributed by atoms with E-state index in [4.69, 9.17) is 0 Å². The number of rotatable bonds is 6. The van der Waals surface area contributed by atoms with Crippen LogP contribution in [-0.2, 0) is 14.8 Å². The maximum Gasteiger partial charge on any atom is 0.251 e. The van der Waals surface area contributed by atoms with Crippen molar-refractivity contribution in [2.24, 2.45) is 0 Å². The van der Waals surface area contributed by atoms with Gasteiger partial charge in [-0.15, -0.1) is 0 Å². The Morgan fingerprint density at radius 2 is 1.62 bits per heavy atom. The molecule has 0 heterocycles. The van der Waals surface area contributed by atoms with Crippen molar-refractivity contribution in [2.45, 2.75) is 11.8 Å². The second-order valence-corrected chi connectivity index (χ2v) is 8.01. The number of amides is 2. The van der Waals surface area contributed by atoms with Gasteiger partial charge in [0.2, 0.25) is 15.9 Å². The van der Waals surface area contributed by atoms with E-state index >= 15 is 0 Å². The van der Waals surface area contributed by atoms with E-state index in [0.29, 0.717) is 5.69 Å². The van der Waals surface area contributed by atoms with Crippen molar-refractivity contribution in [3.8, 4) is 0 Å². The molecule has 0 saturated carbocycles. The van der Waals surface area contributed by atoms with Crippen molar-refractivity contribution in [2.75, 3.05) is 26.0 Å². The average Bonchev–Trinajstić information content (AvgIpc) is 2.61. The van der Waals surface area contributed by atoms with Crippen LogP contribution in [0.4, 0.5) is 5.69 Å². The van der Waals surface area contributed by atoms with Crippen LogP contribution in [0.15, 0.2) is 53.4 Å². The molecule has 7 nitrogen and oxygen atoms in total. The van der Waals surface area contributed by atoms with Crippen LogP contribution >= 0.6 is 0 Å². The van der Waals surface area contributed by atoms with Crippen LogP contribution in [0.5, 0.6) is 0 Å². The number of nitrogens with zero attached hydrogens (tertiary/aromatic N) is 1. The molecule has 0 aromatic heterocycles. The van der Waals surface area contributed by atoms with Crippen LogP contribution in [0.1, 0.15) is 15.9 Å². The number of carbonyl (C=O) groups is 2. The first kappa shape index (κ1) is 19.6. The summed E-state index contributed by atoms with van der Waals surface area (Å²) in [7, 11) is -0.679. The molecule has 2 aromatic rings. The summed E-state index contributed by atoms with van der Waals surface area (Å²) in [6.45, 7) is 1.68. The molecule has 2 N–H and O–H groups in total. The lowest BCUT2D eigenvalue weighted by molar-refractivity contribution is -0.115. The monoisotopic (exact) mass is 375 g/mol. The van der Waals surface area contributed by atoms with Crippen LogP contribution in [0.2, 0.25) is 0 Å². The van der Waals surface area contributed by atoms with E-state index in [-0.39, 0.29) is 22.9 Å². The topological polar surface area (TPSA) is 95.6 Å². The molecule has 0 radical (unpaired) electrons. The summed E-state index contributed by atoms with van der Waals surface area (Å²) >= 11 is 0. The van der Waals surface area contributed by atoms with Crippen LogP contribution in [0, 0.1) is 6.92 Å². The number of carbonyl (C=O) groups excluding carboxylic acids is 2. The first-order valence-electron chi connectivity index (χ1n) is 7.88. The summed E-state index contributed by atoms with van der Waals surface area (Å²) in [6.07, 6.45) is 0. The van der Waals surface area contributed by atoms with Gasteiger partial charge in [0.15, 0.2) is 0 Å². The Labute approximate surface area is 153 Å². The molecular weight excluding hydrogens is 354 g/mol.